The van der Waals surface area contributed by atoms with Crippen molar-refractivity contribution < 1.29 is 29.4 Å². The minimum absolute atomic E-state index is 0.0927. The van der Waals surface area contributed by atoms with Crippen LogP contribution in [0.4, 0.5) is 5.69 Å². The van der Waals surface area contributed by atoms with Gasteiger partial charge in [0.05, 0.1) is 5.92 Å². The number of nitrogens with zero attached hydrogens (tertiary/aromatic N) is 1. The first-order chi connectivity index (χ1) is 15.1. The number of carbonyl (C=O) groups is 4. The Morgan fingerprint density at radius 2 is 1.59 bits per heavy atom. The number of anilines is 1. The number of hydrogen-bond donors (Lipinski definition) is 5. The van der Waals surface area contributed by atoms with Crippen molar-refractivity contribution in [3.05, 3.63) is 65.7 Å². The Morgan fingerprint density at radius 3 is 2.06 bits per heavy atom. The van der Waals surface area contributed by atoms with Crippen molar-refractivity contribution in [2.75, 3.05) is 10.7 Å². The van der Waals surface area contributed by atoms with E-state index in [4.69, 9.17) is 16.6 Å². The molecule has 6 N–H and O–H groups in total. The summed E-state index contributed by atoms with van der Waals surface area (Å²) in [6.07, 6.45) is -0.838. The number of thiol groups is 1. The van der Waals surface area contributed by atoms with Crippen LogP contribution in [-0.4, -0.2) is 45.4 Å². The number of rotatable bonds is 11. The average Bonchev–Trinajstić information content (AvgIpc) is 2.77. The predicted octanol–water partition coefficient (Wildman–Crippen LogP) is 1.51. The van der Waals surface area contributed by atoms with Crippen LogP contribution in [-0.2, 0) is 20.8 Å². The van der Waals surface area contributed by atoms with Gasteiger partial charge in [0.25, 0.3) is 0 Å². The summed E-state index contributed by atoms with van der Waals surface area (Å²) in [7, 11) is 0. The molecule has 2 aromatic carbocycles. The Labute approximate surface area is 190 Å². The van der Waals surface area contributed by atoms with Crippen LogP contribution < -0.4 is 16.4 Å². The van der Waals surface area contributed by atoms with Gasteiger partial charge in [-0.05, 0) is 36.2 Å². The average molecular weight is 460 g/mol. The van der Waals surface area contributed by atoms with Gasteiger partial charge < -0.3 is 15.9 Å². The molecule has 170 valence electrons. The number of aliphatic carboxylic acids is 2. The molecule has 2 amide bonds. The van der Waals surface area contributed by atoms with Crippen molar-refractivity contribution in [3.63, 3.8) is 0 Å². The van der Waals surface area contributed by atoms with Crippen molar-refractivity contribution in [2.24, 2.45) is 17.4 Å². The van der Waals surface area contributed by atoms with Gasteiger partial charge in [0, 0.05) is 29.8 Å². The van der Waals surface area contributed by atoms with Crippen molar-refractivity contribution >= 4 is 42.1 Å². The van der Waals surface area contributed by atoms with Crippen molar-refractivity contribution in [1.82, 2.24) is 0 Å². The van der Waals surface area contributed by atoms with E-state index in [1.165, 1.54) is 24.3 Å². The summed E-state index contributed by atoms with van der Waals surface area (Å²) in [5.74, 6) is -4.81. The number of hydrogen-bond acceptors (Lipinski definition) is 6. The van der Waals surface area contributed by atoms with E-state index < -0.39 is 48.2 Å². The molecular formula is C22H25N3O6S. The molecule has 0 radical (unpaired) electrons. The molecule has 0 saturated carbocycles. The summed E-state index contributed by atoms with van der Waals surface area (Å²) >= 11 is 4.28. The number of nitrogens with two attached hydrogens (primary N) is 2. The maximum Gasteiger partial charge on any atom is 0.345 e. The number of carboxylic acid groups (broad SMARTS) is 2. The second kappa shape index (κ2) is 10.8. The molecule has 2 rings (SSSR count). The molecule has 0 aliphatic carbocycles. The molecule has 2 aromatic rings. The molecule has 0 saturated heterocycles. The fourth-order valence-electron chi connectivity index (χ4n) is 3.25. The van der Waals surface area contributed by atoms with Gasteiger partial charge in [0.1, 0.15) is 0 Å². The number of benzene rings is 2. The fraction of sp³-hybridized carbons (Fsp3) is 0.273. The highest BCUT2D eigenvalue weighted by Crippen LogP contribution is 2.29. The molecule has 0 bridgehead atoms. The number of primary amides is 1. The van der Waals surface area contributed by atoms with Gasteiger partial charge in [-0.25, -0.2) is 4.79 Å². The molecule has 0 heterocycles. The summed E-state index contributed by atoms with van der Waals surface area (Å²) in [4.78, 5) is 49.2. The number of carboxylic acids is 2. The van der Waals surface area contributed by atoms with Crippen LogP contribution in [0.1, 0.15) is 28.8 Å². The Kier molecular flexibility index (Phi) is 8.39. The monoisotopic (exact) mass is 459 g/mol. The van der Waals surface area contributed by atoms with Crippen molar-refractivity contribution in [1.29, 1.82) is 0 Å². The van der Waals surface area contributed by atoms with Crippen molar-refractivity contribution in [3.8, 4) is 0 Å². The quantitative estimate of drug-likeness (QED) is 0.251. The standard InChI is InChI=1S/C22H25N3O6S/c23-19(28)15-6-8-17(9-7-15)25(22(24,21(30)31)11-10-18(26)27)20(29)16(13-32)12-14-4-2-1-3-5-14/h1-9,16,32H,10-13,24H2,(H2,23,28)(H,26,27)(H,30,31)/t16?,22-/m1/s1. The molecule has 0 aromatic heterocycles. The first kappa shape index (κ1) is 24.9. The summed E-state index contributed by atoms with van der Waals surface area (Å²) in [6, 6.07) is 14.5. The highest BCUT2D eigenvalue weighted by atomic mass is 32.1. The van der Waals surface area contributed by atoms with Crippen LogP contribution in [0.5, 0.6) is 0 Å². The van der Waals surface area contributed by atoms with Crippen LogP contribution in [0.3, 0.4) is 0 Å². The van der Waals surface area contributed by atoms with E-state index in [0.717, 1.165) is 10.5 Å². The van der Waals surface area contributed by atoms with Crippen LogP contribution in [0.25, 0.3) is 0 Å². The van der Waals surface area contributed by atoms with Crippen LogP contribution in [0, 0.1) is 5.92 Å². The third-order valence-corrected chi connectivity index (χ3v) is 5.46. The lowest BCUT2D eigenvalue weighted by molar-refractivity contribution is -0.146. The number of amides is 2. The SMILES string of the molecule is NC(=O)c1ccc(N(C(=O)C(CS)Cc2ccccc2)[C@](N)(CCC(=O)O)C(=O)O)cc1. The molecule has 2 atom stereocenters. The zero-order chi connectivity index (χ0) is 23.9. The topological polar surface area (TPSA) is 164 Å². The van der Waals surface area contributed by atoms with E-state index in [9.17, 15) is 24.3 Å². The summed E-state index contributed by atoms with van der Waals surface area (Å²) in [5.41, 5.74) is 10.2. The van der Waals surface area contributed by atoms with Gasteiger partial charge in [-0.2, -0.15) is 12.6 Å². The first-order valence-electron chi connectivity index (χ1n) is 9.73. The summed E-state index contributed by atoms with van der Waals surface area (Å²) < 4.78 is 0. The second-order valence-corrected chi connectivity index (χ2v) is 7.64. The zero-order valence-electron chi connectivity index (χ0n) is 17.2. The van der Waals surface area contributed by atoms with Crippen LogP contribution >= 0.6 is 12.6 Å². The Bertz CT molecular complexity index is 983. The Balaban J connectivity index is 2.54. The lowest BCUT2D eigenvalue weighted by Gasteiger charge is -2.39. The second-order valence-electron chi connectivity index (χ2n) is 7.28. The Hall–Kier alpha value is -3.37. The predicted molar refractivity (Wildman–Crippen MR) is 121 cm³/mol. The normalized spacial score (nSPS) is 13.6. The van der Waals surface area contributed by atoms with Crippen LogP contribution in [0.15, 0.2) is 54.6 Å². The first-order valence-corrected chi connectivity index (χ1v) is 10.4. The van der Waals surface area contributed by atoms with Gasteiger partial charge in [-0.3, -0.25) is 25.0 Å². The van der Waals surface area contributed by atoms with E-state index in [1.807, 2.05) is 30.3 Å². The van der Waals surface area contributed by atoms with Gasteiger partial charge in [0.2, 0.25) is 11.8 Å². The third kappa shape index (κ3) is 5.86. The van der Waals surface area contributed by atoms with Gasteiger partial charge in [0.15, 0.2) is 5.66 Å². The molecule has 10 heteroatoms. The largest absolute Gasteiger partial charge is 0.481 e. The summed E-state index contributed by atoms with van der Waals surface area (Å²) in [6.45, 7) is 0. The highest BCUT2D eigenvalue weighted by molar-refractivity contribution is 7.80. The smallest absolute Gasteiger partial charge is 0.345 e. The molecule has 0 aliphatic heterocycles. The zero-order valence-corrected chi connectivity index (χ0v) is 18.1. The van der Waals surface area contributed by atoms with Gasteiger partial charge in [-0.15, -0.1) is 0 Å². The number of carbonyl (C=O) groups excluding carboxylic acids is 2. The minimum Gasteiger partial charge on any atom is -0.481 e. The molecule has 0 fully saturated rings. The Morgan fingerprint density at radius 1 is 1.00 bits per heavy atom. The summed E-state index contributed by atoms with van der Waals surface area (Å²) in [5, 5.41) is 19.0. The molecule has 0 aliphatic rings. The van der Waals surface area contributed by atoms with E-state index in [2.05, 4.69) is 12.6 Å². The van der Waals surface area contributed by atoms with E-state index in [1.54, 1.807) is 0 Å². The minimum atomic E-state index is -2.35. The maximum absolute atomic E-state index is 13.6. The van der Waals surface area contributed by atoms with Gasteiger partial charge >= 0.3 is 11.9 Å². The fourth-order valence-corrected chi connectivity index (χ4v) is 3.54. The molecule has 32 heavy (non-hydrogen) atoms. The molecule has 1 unspecified atom stereocenters. The third-order valence-electron chi connectivity index (χ3n) is 5.01. The lowest BCUT2D eigenvalue weighted by Crippen LogP contribution is -2.65. The van der Waals surface area contributed by atoms with E-state index in [0.29, 0.717) is 0 Å². The highest BCUT2D eigenvalue weighted by Gasteiger charge is 2.46. The lowest BCUT2D eigenvalue weighted by atomic mass is 9.94. The molecule has 9 nitrogen and oxygen atoms in total. The molecular weight excluding hydrogens is 434 g/mol. The molecule has 0 spiro atoms. The van der Waals surface area contributed by atoms with E-state index in [-0.39, 0.29) is 23.4 Å². The van der Waals surface area contributed by atoms with Gasteiger partial charge in [-0.1, -0.05) is 30.3 Å². The van der Waals surface area contributed by atoms with E-state index >= 15 is 0 Å². The van der Waals surface area contributed by atoms with Crippen molar-refractivity contribution in [2.45, 2.75) is 24.9 Å². The van der Waals surface area contributed by atoms with Crippen LogP contribution in [0.2, 0.25) is 0 Å². The maximum atomic E-state index is 13.6.